The largest absolute Gasteiger partial charge is 0.465 e. The van der Waals surface area contributed by atoms with Gasteiger partial charge in [-0.3, -0.25) is 14.8 Å². The number of rotatable bonds is 3. The number of likely N-dealkylation sites (N-methyl/N-ethyl adjacent to an activating group) is 1. The second kappa shape index (κ2) is 6.33. The van der Waals surface area contributed by atoms with Crippen LogP contribution < -0.4 is 0 Å². The molecule has 1 saturated heterocycles. The number of aromatic nitrogens is 1. The van der Waals surface area contributed by atoms with Gasteiger partial charge in [0.1, 0.15) is 0 Å². The number of pyridine rings is 1. The van der Waals surface area contributed by atoms with E-state index in [4.69, 9.17) is 0 Å². The number of piperazine rings is 1. The lowest BCUT2D eigenvalue weighted by atomic mass is 10.1. The first-order valence-electron chi connectivity index (χ1n) is 6.98. The Labute approximate surface area is 120 Å². The molecule has 1 fully saturated rings. The highest BCUT2D eigenvalue weighted by Crippen LogP contribution is 2.15. The minimum absolute atomic E-state index is 0.342. The Hall–Kier alpha value is -1.46. The summed E-state index contributed by atoms with van der Waals surface area (Å²) in [6, 6.07) is 4.78. The summed E-state index contributed by atoms with van der Waals surface area (Å²) < 4.78 is 4.67. The fraction of sp³-hybridized carbons (Fsp3) is 0.600. The number of esters is 1. The van der Waals surface area contributed by atoms with Crippen LogP contribution in [0.3, 0.4) is 0 Å². The van der Waals surface area contributed by atoms with Crippen LogP contribution in [0, 0.1) is 0 Å². The van der Waals surface area contributed by atoms with Gasteiger partial charge in [-0.15, -0.1) is 0 Å². The average molecular weight is 277 g/mol. The quantitative estimate of drug-likeness (QED) is 0.781. The molecule has 0 bridgehead atoms. The highest BCUT2D eigenvalue weighted by Gasteiger charge is 2.26. The van der Waals surface area contributed by atoms with E-state index in [1.54, 1.807) is 12.3 Å². The molecule has 2 unspecified atom stereocenters. The van der Waals surface area contributed by atoms with E-state index < -0.39 is 0 Å². The van der Waals surface area contributed by atoms with Gasteiger partial charge >= 0.3 is 5.97 Å². The highest BCUT2D eigenvalue weighted by atomic mass is 16.5. The fourth-order valence-corrected chi connectivity index (χ4v) is 2.63. The van der Waals surface area contributed by atoms with E-state index in [0.29, 0.717) is 17.6 Å². The van der Waals surface area contributed by atoms with Crippen LogP contribution in [0.5, 0.6) is 0 Å². The van der Waals surface area contributed by atoms with Gasteiger partial charge in [-0.25, -0.2) is 4.79 Å². The standard InChI is InChI=1S/C15H23N3O2/c1-11-8-18(9-12(2)17(11)3)10-14-6-5-13(7-16-14)15(19)20-4/h5-7,11-12H,8-10H2,1-4H3. The first-order chi connectivity index (χ1) is 9.51. The molecule has 0 amide bonds. The van der Waals surface area contributed by atoms with Gasteiger partial charge in [0.25, 0.3) is 0 Å². The molecule has 0 N–H and O–H groups in total. The molecule has 5 nitrogen and oxygen atoms in total. The molecule has 0 saturated carbocycles. The van der Waals surface area contributed by atoms with Crippen LogP contribution in [0.1, 0.15) is 29.9 Å². The van der Waals surface area contributed by atoms with Crippen LogP contribution in [0.2, 0.25) is 0 Å². The molecule has 1 aromatic rings. The van der Waals surface area contributed by atoms with E-state index in [9.17, 15) is 4.79 Å². The molecule has 0 aromatic carbocycles. The molecule has 1 aromatic heterocycles. The summed E-state index contributed by atoms with van der Waals surface area (Å²) in [6.45, 7) is 7.40. The van der Waals surface area contributed by atoms with Crippen molar-refractivity contribution in [2.45, 2.75) is 32.5 Å². The van der Waals surface area contributed by atoms with E-state index in [2.05, 4.69) is 40.4 Å². The highest BCUT2D eigenvalue weighted by molar-refractivity contribution is 5.88. The summed E-state index contributed by atoms with van der Waals surface area (Å²) in [7, 11) is 3.55. The van der Waals surface area contributed by atoms with Crippen molar-refractivity contribution in [1.82, 2.24) is 14.8 Å². The lowest BCUT2D eigenvalue weighted by Gasteiger charge is -2.42. The van der Waals surface area contributed by atoms with Crippen molar-refractivity contribution >= 4 is 5.97 Å². The fourth-order valence-electron chi connectivity index (χ4n) is 2.63. The normalized spacial score (nSPS) is 24.6. The number of ether oxygens (including phenoxy) is 1. The van der Waals surface area contributed by atoms with Crippen LogP contribution in [-0.2, 0) is 11.3 Å². The molecule has 0 aliphatic carbocycles. The molecular weight excluding hydrogens is 254 g/mol. The van der Waals surface area contributed by atoms with Gasteiger partial charge in [-0.1, -0.05) is 0 Å². The van der Waals surface area contributed by atoms with E-state index >= 15 is 0 Å². The Morgan fingerprint density at radius 2 is 2.00 bits per heavy atom. The third-order valence-electron chi connectivity index (χ3n) is 4.07. The summed E-state index contributed by atoms with van der Waals surface area (Å²) in [6.07, 6.45) is 1.59. The third kappa shape index (κ3) is 3.35. The van der Waals surface area contributed by atoms with Crippen molar-refractivity contribution in [3.8, 4) is 0 Å². The SMILES string of the molecule is COC(=O)c1ccc(CN2CC(C)N(C)C(C)C2)nc1. The van der Waals surface area contributed by atoms with Crippen molar-refractivity contribution in [2.75, 3.05) is 27.2 Å². The summed E-state index contributed by atoms with van der Waals surface area (Å²) in [5.74, 6) is -0.342. The third-order valence-corrected chi connectivity index (χ3v) is 4.07. The predicted octanol–water partition coefficient (Wildman–Crippen LogP) is 1.39. The van der Waals surface area contributed by atoms with Gasteiger partial charge in [0.15, 0.2) is 0 Å². The average Bonchev–Trinajstić information content (AvgIpc) is 2.44. The lowest BCUT2D eigenvalue weighted by molar-refractivity contribution is 0.0549. The number of hydrogen-bond donors (Lipinski definition) is 0. The van der Waals surface area contributed by atoms with E-state index in [1.165, 1.54) is 7.11 Å². The van der Waals surface area contributed by atoms with Crippen LogP contribution in [-0.4, -0.2) is 60.1 Å². The van der Waals surface area contributed by atoms with Gasteiger partial charge in [0.05, 0.1) is 18.4 Å². The number of carbonyl (C=O) groups excluding carboxylic acids is 1. The number of carbonyl (C=O) groups is 1. The summed E-state index contributed by atoms with van der Waals surface area (Å²) in [5, 5.41) is 0. The van der Waals surface area contributed by atoms with Gasteiger partial charge < -0.3 is 4.74 Å². The zero-order valence-corrected chi connectivity index (χ0v) is 12.7. The van der Waals surface area contributed by atoms with Gasteiger partial charge in [0, 0.05) is 37.9 Å². The number of nitrogens with zero attached hydrogens (tertiary/aromatic N) is 3. The maximum atomic E-state index is 11.4. The second-order valence-corrected chi connectivity index (χ2v) is 5.59. The topological polar surface area (TPSA) is 45.7 Å². The van der Waals surface area contributed by atoms with Crippen molar-refractivity contribution in [1.29, 1.82) is 0 Å². The number of hydrogen-bond acceptors (Lipinski definition) is 5. The van der Waals surface area contributed by atoms with Gasteiger partial charge in [-0.05, 0) is 33.0 Å². The molecular formula is C15H23N3O2. The Morgan fingerprint density at radius 3 is 2.50 bits per heavy atom. The van der Waals surface area contributed by atoms with Crippen molar-refractivity contribution in [3.63, 3.8) is 0 Å². The lowest BCUT2D eigenvalue weighted by Crippen LogP contribution is -2.54. The van der Waals surface area contributed by atoms with Crippen LogP contribution >= 0.6 is 0 Å². The molecule has 0 radical (unpaired) electrons. The zero-order chi connectivity index (χ0) is 14.7. The van der Waals surface area contributed by atoms with Crippen molar-refractivity contribution in [2.24, 2.45) is 0 Å². The predicted molar refractivity (Wildman–Crippen MR) is 77.5 cm³/mol. The monoisotopic (exact) mass is 277 g/mol. The van der Waals surface area contributed by atoms with Crippen molar-refractivity contribution < 1.29 is 9.53 Å². The Balaban J connectivity index is 1.98. The van der Waals surface area contributed by atoms with E-state index in [0.717, 1.165) is 25.3 Å². The molecule has 1 aliphatic rings. The smallest absolute Gasteiger partial charge is 0.339 e. The minimum Gasteiger partial charge on any atom is -0.465 e. The Bertz CT molecular complexity index is 449. The first kappa shape index (κ1) is 14.9. The van der Waals surface area contributed by atoms with E-state index in [-0.39, 0.29) is 5.97 Å². The zero-order valence-electron chi connectivity index (χ0n) is 12.7. The molecule has 2 heterocycles. The van der Waals surface area contributed by atoms with Crippen LogP contribution in [0.25, 0.3) is 0 Å². The van der Waals surface area contributed by atoms with Crippen LogP contribution in [0.15, 0.2) is 18.3 Å². The molecule has 1 aliphatic heterocycles. The van der Waals surface area contributed by atoms with Crippen LogP contribution in [0.4, 0.5) is 0 Å². The summed E-state index contributed by atoms with van der Waals surface area (Å²) in [4.78, 5) is 20.5. The maximum Gasteiger partial charge on any atom is 0.339 e. The Morgan fingerprint density at radius 1 is 1.35 bits per heavy atom. The summed E-state index contributed by atoms with van der Waals surface area (Å²) >= 11 is 0. The Kier molecular flexibility index (Phi) is 4.73. The molecule has 0 spiro atoms. The van der Waals surface area contributed by atoms with Crippen molar-refractivity contribution in [3.05, 3.63) is 29.6 Å². The molecule has 2 atom stereocenters. The number of methoxy groups -OCH3 is 1. The summed E-state index contributed by atoms with van der Waals surface area (Å²) in [5.41, 5.74) is 1.48. The first-order valence-corrected chi connectivity index (χ1v) is 6.98. The molecule has 5 heteroatoms. The minimum atomic E-state index is -0.342. The van der Waals surface area contributed by atoms with Gasteiger partial charge in [-0.2, -0.15) is 0 Å². The maximum absolute atomic E-state index is 11.4. The molecule has 110 valence electrons. The second-order valence-electron chi connectivity index (χ2n) is 5.59. The molecule has 20 heavy (non-hydrogen) atoms. The molecule has 2 rings (SSSR count). The van der Waals surface area contributed by atoms with E-state index in [1.807, 2.05) is 6.07 Å². The van der Waals surface area contributed by atoms with Gasteiger partial charge in [0.2, 0.25) is 0 Å².